The molecule has 1 heterocycles. The summed E-state index contributed by atoms with van der Waals surface area (Å²) in [6, 6.07) is 15.0. The summed E-state index contributed by atoms with van der Waals surface area (Å²) in [6.07, 6.45) is 5.01. The first-order valence-corrected chi connectivity index (χ1v) is 7.77. The maximum absolute atomic E-state index is 5.36. The Morgan fingerprint density at radius 3 is 2.67 bits per heavy atom. The number of benzene rings is 1. The molecule has 0 aliphatic rings. The summed E-state index contributed by atoms with van der Waals surface area (Å²) in [6.45, 7) is 4.36. The van der Waals surface area contributed by atoms with Crippen molar-refractivity contribution in [2.24, 2.45) is 0 Å². The number of nitrogens with zero attached hydrogens (tertiary/aromatic N) is 1. The van der Waals surface area contributed by atoms with Gasteiger partial charge in [-0.2, -0.15) is 0 Å². The van der Waals surface area contributed by atoms with Crippen molar-refractivity contribution in [2.75, 3.05) is 25.0 Å². The van der Waals surface area contributed by atoms with Crippen LogP contribution in [0.25, 0.3) is 0 Å². The molecule has 114 valence electrons. The Morgan fingerprint density at radius 1 is 1.14 bits per heavy atom. The maximum Gasteiger partial charge on any atom is 0.103 e. The van der Waals surface area contributed by atoms with Crippen molar-refractivity contribution < 1.29 is 4.42 Å². The average molecular weight is 286 g/mol. The van der Waals surface area contributed by atoms with Gasteiger partial charge in [0.05, 0.1) is 6.26 Å². The Bertz CT molecular complexity index is 481. The topological polar surface area (TPSA) is 28.4 Å². The molecule has 21 heavy (non-hydrogen) atoms. The average Bonchev–Trinajstić information content (AvgIpc) is 3.03. The Hall–Kier alpha value is -1.74. The standard InChI is InChI=1S/C18H26N2O/c1-16(11-12-18-10-6-15-21-18)19-13-7-14-20(2)17-8-4-3-5-9-17/h3-6,8-10,15-16,19H,7,11-14H2,1-2H3. The molecule has 0 fully saturated rings. The van der Waals surface area contributed by atoms with Crippen molar-refractivity contribution in [1.29, 1.82) is 0 Å². The Kier molecular flexibility index (Phi) is 6.35. The second-order valence-corrected chi connectivity index (χ2v) is 5.58. The third-order valence-electron chi connectivity index (χ3n) is 3.76. The van der Waals surface area contributed by atoms with Gasteiger partial charge in [0, 0.05) is 31.7 Å². The number of aryl methyl sites for hydroxylation is 1. The zero-order chi connectivity index (χ0) is 14.9. The quantitative estimate of drug-likeness (QED) is 0.712. The van der Waals surface area contributed by atoms with Gasteiger partial charge in [0.25, 0.3) is 0 Å². The van der Waals surface area contributed by atoms with Gasteiger partial charge in [0.1, 0.15) is 5.76 Å². The van der Waals surface area contributed by atoms with E-state index in [2.05, 4.69) is 54.5 Å². The third-order valence-corrected chi connectivity index (χ3v) is 3.76. The second-order valence-electron chi connectivity index (χ2n) is 5.58. The van der Waals surface area contributed by atoms with E-state index in [1.807, 2.05) is 12.1 Å². The van der Waals surface area contributed by atoms with Gasteiger partial charge in [-0.15, -0.1) is 0 Å². The van der Waals surface area contributed by atoms with E-state index in [0.29, 0.717) is 6.04 Å². The van der Waals surface area contributed by atoms with Crippen molar-refractivity contribution in [1.82, 2.24) is 5.32 Å². The van der Waals surface area contributed by atoms with Gasteiger partial charge in [-0.1, -0.05) is 18.2 Å². The number of furan rings is 1. The Labute approximate surface area is 128 Å². The fourth-order valence-corrected chi connectivity index (χ4v) is 2.39. The number of para-hydroxylation sites is 1. The summed E-state index contributed by atoms with van der Waals surface area (Å²) in [7, 11) is 2.15. The minimum Gasteiger partial charge on any atom is -0.469 e. The van der Waals surface area contributed by atoms with Crippen LogP contribution in [0, 0.1) is 0 Å². The minimum atomic E-state index is 0.525. The fourth-order valence-electron chi connectivity index (χ4n) is 2.39. The molecule has 2 aromatic rings. The number of nitrogens with one attached hydrogen (secondary N) is 1. The highest BCUT2D eigenvalue weighted by atomic mass is 16.3. The lowest BCUT2D eigenvalue weighted by Crippen LogP contribution is -2.30. The highest BCUT2D eigenvalue weighted by Crippen LogP contribution is 2.11. The van der Waals surface area contributed by atoms with E-state index in [4.69, 9.17) is 4.42 Å². The van der Waals surface area contributed by atoms with Crippen molar-refractivity contribution in [3.63, 3.8) is 0 Å². The van der Waals surface area contributed by atoms with E-state index in [0.717, 1.165) is 38.1 Å². The predicted molar refractivity (Wildman–Crippen MR) is 88.8 cm³/mol. The first-order valence-electron chi connectivity index (χ1n) is 7.77. The van der Waals surface area contributed by atoms with Gasteiger partial charge in [-0.3, -0.25) is 0 Å². The van der Waals surface area contributed by atoms with Crippen LogP contribution in [0.1, 0.15) is 25.5 Å². The van der Waals surface area contributed by atoms with Crippen molar-refractivity contribution in [3.05, 3.63) is 54.5 Å². The van der Waals surface area contributed by atoms with Gasteiger partial charge < -0.3 is 14.6 Å². The minimum absolute atomic E-state index is 0.525. The lowest BCUT2D eigenvalue weighted by Gasteiger charge is -2.20. The van der Waals surface area contributed by atoms with Gasteiger partial charge in [-0.25, -0.2) is 0 Å². The lowest BCUT2D eigenvalue weighted by molar-refractivity contribution is 0.458. The molecule has 3 nitrogen and oxygen atoms in total. The number of hydrogen-bond donors (Lipinski definition) is 1. The summed E-state index contributed by atoms with van der Waals surface area (Å²) < 4.78 is 5.36. The number of hydrogen-bond acceptors (Lipinski definition) is 3. The lowest BCUT2D eigenvalue weighted by atomic mass is 10.1. The molecule has 0 saturated heterocycles. The maximum atomic E-state index is 5.36. The summed E-state index contributed by atoms with van der Waals surface area (Å²) in [5.74, 6) is 1.08. The van der Waals surface area contributed by atoms with E-state index in [1.165, 1.54) is 5.69 Å². The molecular formula is C18H26N2O. The van der Waals surface area contributed by atoms with Crippen LogP contribution in [0.5, 0.6) is 0 Å². The largest absolute Gasteiger partial charge is 0.469 e. The molecule has 0 saturated carbocycles. The molecule has 1 atom stereocenters. The summed E-state index contributed by atoms with van der Waals surface area (Å²) in [5.41, 5.74) is 1.28. The highest BCUT2D eigenvalue weighted by molar-refractivity contribution is 5.44. The number of rotatable bonds is 9. The molecule has 3 heteroatoms. The molecule has 1 unspecified atom stereocenters. The van der Waals surface area contributed by atoms with Crippen LogP contribution in [-0.2, 0) is 6.42 Å². The van der Waals surface area contributed by atoms with E-state index in [-0.39, 0.29) is 0 Å². The molecule has 0 amide bonds. The molecule has 2 rings (SSSR count). The molecule has 1 N–H and O–H groups in total. The second kappa shape index (κ2) is 8.53. The molecule has 0 aliphatic heterocycles. The van der Waals surface area contributed by atoms with Gasteiger partial charge in [-0.05, 0) is 50.6 Å². The van der Waals surface area contributed by atoms with Crippen LogP contribution < -0.4 is 10.2 Å². The molecule has 0 radical (unpaired) electrons. The molecule has 1 aromatic carbocycles. The molecule has 0 bridgehead atoms. The van der Waals surface area contributed by atoms with Crippen LogP contribution in [0.2, 0.25) is 0 Å². The van der Waals surface area contributed by atoms with Crippen molar-refractivity contribution in [3.8, 4) is 0 Å². The third kappa shape index (κ3) is 5.64. The zero-order valence-corrected chi connectivity index (χ0v) is 13.1. The first-order chi connectivity index (χ1) is 10.3. The molecule has 1 aromatic heterocycles. The first kappa shape index (κ1) is 15.6. The Balaban J connectivity index is 1.56. The predicted octanol–water partition coefficient (Wildman–Crippen LogP) is 3.72. The Morgan fingerprint density at radius 2 is 1.95 bits per heavy atom. The zero-order valence-electron chi connectivity index (χ0n) is 13.1. The van der Waals surface area contributed by atoms with Crippen LogP contribution in [-0.4, -0.2) is 26.2 Å². The normalized spacial score (nSPS) is 12.3. The number of anilines is 1. The van der Waals surface area contributed by atoms with E-state index in [1.54, 1.807) is 6.26 Å². The van der Waals surface area contributed by atoms with Crippen LogP contribution in [0.4, 0.5) is 5.69 Å². The van der Waals surface area contributed by atoms with Crippen molar-refractivity contribution in [2.45, 2.75) is 32.2 Å². The van der Waals surface area contributed by atoms with E-state index in [9.17, 15) is 0 Å². The molecule has 0 spiro atoms. The van der Waals surface area contributed by atoms with E-state index >= 15 is 0 Å². The SMILES string of the molecule is CC(CCc1ccco1)NCCCN(C)c1ccccc1. The van der Waals surface area contributed by atoms with Crippen LogP contribution in [0.15, 0.2) is 53.1 Å². The summed E-state index contributed by atoms with van der Waals surface area (Å²) >= 11 is 0. The van der Waals surface area contributed by atoms with Gasteiger partial charge >= 0.3 is 0 Å². The monoisotopic (exact) mass is 286 g/mol. The van der Waals surface area contributed by atoms with Crippen LogP contribution >= 0.6 is 0 Å². The summed E-state index contributed by atoms with van der Waals surface area (Å²) in [4.78, 5) is 2.30. The molecule has 0 aliphatic carbocycles. The van der Waals surface area contributed by atoms with Gasteiger partial charge in [0.2, 0.25) is 0 Å². The highest BCUT2D eigenvalue weighted by Gasteiger charge is 2.04. The van der Waals surface area contributed by atoms with Crippen LogP contribution in [0.3, 0.4) is 0 Å². The van der Waals surface area contributed by atoms with Gasteiger partial charge in [0.15, 0.2) is 0 Å². The van der Waals surface area contributed by atoms with Crippen molar-refractivity contribution >= 4 is 5.69 Å². The summed E-state index contributed by atoms with van der Waals surface area (Å²) in [5, 5.41) is 3.58. The molecular weight excluding hydrogens is 260 g/mol. The fraction of sp³-hybridized carbons (Fsp3) is 0.444. The smallest absolute Gasteiger partial charge is 0.103 e. The van der Waals surface area contributed by atoms with E-state index < -0.39 is 0 Å².